The first-order valence-corrected chi connectivity index (χ1v) is 8.56. The van der Waals surface area contributed by atoms with Gasteiger partial charge in [-0.1, -0.05) is 11.6 Å². The lowest BCUT2D eigenvalue weighted by molar-refractivity contribution is -0.0503. The summed E-state index contributed by atoms with van der Waals surface area (Å²) in [6.45, 7) is 3.42. The van der Waals surface area contributed by atoms with E-state index in [1.165, 1.54) is 16.8 Å². The van der Waals surface area contributed by atoms with Crippen LogP contribution < -0.4 is 0 Å². The number of H-pyrrole nitrogens is 1. The van der Waals surface area contributed by atoms with Gasteiger partial charge in [0.05, 0.1) is 6.04 Å². The number of aromatic hydroxyl groups is 1. The van der Waals surface area contributed by atoms with Crippen molar-refractivity contribution in [2.24, 2.45) is 11.8 Å². The summed E-state index contributed by atoms with van der Waals surface area (Å²) in [5.41, 5.74) is 5.29. The molecule has 3 N–H and O–H groups in total. The molecule has 3 saturated heterocycles. The summed E-state index contributed by atoms with van der Waals surface area (Å²) in [7, 11) is 0. The van der Waals surface area contributed by atoms with Crippen molar-refractivity contribution < 1.29 is 10.2 Å². The number of phenolic OH excluding ortho intramolecular Hbond substituents is 1. The molecule has 0 aliphatic carbocycles. The van der Waals surface area contributed by atoms with Crippen LogP contribution in [0.4, 0.5) is 0 Å². The second-order valence-electron chi connectivity index (χ2n) is 7.26. The Morgan fingerprint density at radius 3 is 3.04 bits per heavy atom. The van der Waals surface area contributed by atoms with Gasteiger partial charge in [0.1, 0.15) is 5.75 Å². The lowest BCUT2D eigenvalue weighted by Crippen LogP contribution is -2.60. The van der Waals surface area contributed by atoms with Crippen molar-refractivity contribution >= 4 is 10.9 Å². The third-order valence-corrected chi connectivity index (χ3v) is 6.41. The van der Waals surface area contributed by atoms with Crippen LogP contribution in [0.2, 0.25) is 0 Å². The SMILES string of the molecule is CC=C1CN2C3C[C@@H]1C(CO)[C@@H]2Cc1c3[nH]c2ccc(O)cc12. The van der Waals surface area contributed by atoms with Crippen molar-refractivity contribution in [1.29, 1.82) is 0 Å². The molecule has 0 saturated carbocycles. The van der Waals surface area contributed by atoms with Crippen molar-refractivity contribution in [3.63, 3.8) is 0 Å². The summed E-state index contributed by atoms with van der Waals surface area (Å²) >= 11 is 0. The van der Waals surface area contributed by atoms with Gasteiger partial charge in [-0.05, 0) is 49.4 Å². The van der Waals surface area contributed by atoms with Gasteiger partial charge in [-0.15, -0.1) is 0 Å². The number of hydrogen-bond donors (Lipinski definition) is 3. The van der Waals surface area contributed by atoms with Crippen LogP contribution in [-0.2, 0) is 6.42 Å². The van der Waals surface area contributed by atoms with Gasteiger partial charge in [0.15, 0.2) is 0 Å². The smallest absolute Gasteiger partial charge is 0.116 e. The lowest BCUT2D eigenvalue weighted by Gasteiger charge is -2.58. The minimum absolute atomic E-state index is 0.263. The Hall–Kier alpha value is -1.78. The second-order valence-corrected chi connectivity index (χ2v) is 7.26. The molecule has 0 radical (unpaired) electrons. The van der Waals surface area contributed by atoms with E-state index in [4.69, 9.17) is 0 Å². The van der Waals surface area contributed by atoms with Gasteiger partial charge < -0.3 is 15.2 Å². The molecule has 1 aromatic heterocycles. The minimum Gasteiger partial charge on any atom is -0.508 e. The van der Waals surface area contributed by atoms with Crippen LogP contribution in [0, 0.1) is 11.8 Å². The number of hydrogen-bond acceptors (Lipinski definition) is 3. The van der Waals surface area contributed by atoms with Gasteiger partial charge in [0.2, 0.25) is 0 Å². The summed E-state index contributed by atoms with van der Waals surface area (Å²) in [5, 5.41) is 21.0. The fourth-order valence-corrected chi connectivity index (χ4v) is 5.35. The highest BCUT2D eigenvalue weighted by Crippen LogP contribution is 2.54. The van der Waals surface area contributed by atoms with Crippen molar-refractivity contribution in [3.8, 4) is 5.75 Å². The monoisotopic (exact) mass is 310 g/mol. The Labute approximate surface area is 135 Å². The molecule has 4 heteroatoms. The molecular formula is C19H22N2O2. The molecule has 120 valence electrons. The standard InChI is InChI=1S/C19H22N2O2/c1-2-10-8-21-17-7-14-13-5-11(23)3-4-16(13)20-19(14)18(21)6-12(10)15(17)9-22/h2-5,12,15,17-18,20,22-23H,6-9H2,1H3/t12-,15?,17-,18?/m0/s1. The number of allylic oxidation sites excluding steroid dienone is 1. The average Bonchev–Trinajstić information content (AvgIpc) is 2.92. The van der Waals surface area contributed by atoms with Gasteiger partial charge in [-0.2, -0.15) is 0 Å². The van der Waals surface area contributed by atoms with E-state index < -0.39 is 0 Å². The number of aliphatic hydroxyl groups excluding tert-OH is 1. The molecule has 5 heterocycles. The van der Waals surface area contributed by atoms with E-state index >= 15 is 0 Å². The van der Waals surface area contributed by atoms with E-state index in [-0.39, 0.29) is 6.61 Å². The van der Waals surface area contributed by atoms with Crippen LogP contribution in [0.3, 0.4) is 0 Å². The highest BCUT2D eigenvalue weighted by molar-refractivity contribution is 5.86. The summed E-state index contributed by atoms with van der Waals surface area (Å²) < 4.78 is 0. The van der Waals surface area contributed by atoms with E-state index in [2.05, 4.69) is 22.9 Å². The van der Waals surface area contributed by atoms with Crippen LogP contribution in [0.5, 0.6) is 5.75 Å². The van der Waals surface area contributed by atoms with Crippen molar-refractivity contribution in [2.75, 3.05) is 13.2 Å². The number of benzene rings is 1. The molecule has 3 unspecified atom stereocenters. The van der Waals surface area contributed by atoms with E-state index in [0.717, 1.165) is 30.3 Å². The fourth-order valence-electron chi connectivity index (χ4n) is 5.35. The van der Waals surface area contributed by atoms with Gasteiger partial charge in [0.25, 0.3) is 0 Å². The Morgan fingerprint density at radius 2 is 2.26 bits per heavy atom. The first kappa shape index (κ1) is 13.6. The van der Waals surface area contributed by atoms with Crippen LogP contribution in [0.1, 0.15) is 30.6 Å². The van der Waals surface area contributed by atoms with Gasteiger partial charge in [-0.3, -0.25) is 4.90 Å². The van der Waals surface area contributed by atoms with E-state index in [9.17, 15) is 10.2 Å². The molecule has 0 spiro atoms. The number of nitrogens with zero attached hydrogens (tertiary/aromatic N) is 1. The van der Waals surface area contributed by atoms with E-state index in [1.807, 2.05) is 12.1 Å². The zero-order valence-electron chi connectivity index (χ0n) is 13.3. The number of aliphatic hydroxyl groups is 1. The van der Waals surface area contributed by atoms with Gasteiger partial charge in [-0.25, -0.2) is 0 Å². The Bertz CT molecular complexity index is 822. The van der Waals surface area contributed by atoms with Crippen molar-refractivity contribution in [2.45, 2.75) is 31.8 Å². The zero-order valence-corrected chi connectivity index (χ0v) is 13.3. The number of aromatic nitrogens is 1. The lowest BCUT2D eigenvalue weighted by atomic mass is 9.64. The van der Waals surface area contributed by atoms with Gasteiger partial charge in [0, 0.05) is 41.7 Å². The molecule has 6 rings (SSSR count). The topological polar surface area (TPSA) is 59.5 Å². The summed E-state index contributed by atoms with van der Waals surface area (Å²) in [4.78, 5) is 6.21. The number of phenols is 1. The number of aromatic amines is 1. The van der Waals surface area contributed by atoms with Crippen LogP contribution in [0.25, 0.3) is 10.9 Å². The molecule has 4 bridgehead atoms. The maximum absolute atomic E-state index is 9.99. The minimum atomic E-state index is 0.263. The predicted molar refractivity (Wildman–Crippen MR) is 89.3 cm³/mol. The van der Waals surface area contributed by atoms with Crippen LogP contribution >= 0.6 is 0 Å². The molecule has 23 heavy (non-hydrogen) atoms. The average molecular weight is 310 g/mol. The zero-order chi connectivity index (χ0) is 15.7. The molecule has 4 aliphatic rings. The molecular weight excluding hydrogens is 288 g/mol. The number of nitrogens with one attached hydrogen (secondary N) is 1. The molecule has 0 amide bonds. The number of fused-ring (bicyclic) bond motifs is 4. The number of piperidine rings is 3. The molecule has 1 aromatic carbocycles. The quantitative estimate of drug-likeness (QED) is 0.710. The summed E-state index contributed by atoms with van der Waals surface area (Å²) in [6.07, 6.45) is 4.31. The first-order chi connectivity index (χ1) is 11.2. The third-order valence-electron chi connectivity index (χ3n) is 6.41. The van der Waals surface area contributed by atoms with E-state index in [1.54, 1.807) is 6.07 Å². The Kier molecular flexibility index (Phi) is 2.74. The maximum atomic E-state index is 9.99. The summed E-state index contributed by atoms with van der Waals surface area (Å²) in [6, 6.07) is 6.44. The molecule has 3 fully saturated rings. The highest BCUT2D eigenvalue weighted by atomic mass is 16.3. The molecule has 5 atom stereocenters. The molecule has 2 aromatic rings. The molecule has 4 aliphatic heterocycles. The second kappa shape index (κ2) is 4.62. The third kappa shape index (κ3) is 1.68. The summed E-state index contributed by atoms with van der Waals surface area (Å²) in [5.74, 6) is 1.17. The largest absolute Gasteiger partial charge is 0.508 e. The first-order valence-electron chi connectivity index (χ1n) is 8.56. The fraction of sp³-hybridized carbons (Fsp3) is 0.474. The van der Waals surface area contributed by atoms with Gasteiger partial charge >= 0.3 is 0 Å². The Morgan fingerprint density at radius 1 is 1.39 bits per heavy atom. The Balaban J connectivity index is 1.68. The van der Waals surface area contributed by atoms with Crippen molar-refractivity contribution in [3.05, 3.63) is 41.1 Å². The highest BCUT2D eigenvalue weighted by Gasteiger charge is 2.52. The number of rotatable bonds is 1. The maximum Gasteiger partial charge on any atom is 0.116 e. The molecule has 4 nitrogen and oxygen atoms in total. The van der Waals surface area contributed by atoms with E-state index in [0.29, 0.717) is 29.7 Å². The van der Waals surface area contributed by atoms with Crippen LogP contribution in [-0.4, -0.2) is 39.3 Å². The normalized spacial score (nSPS) is 36.6. The van der Waals surface area contributed by atoms with Crippen molar-refractivity contribution in [1.82, 2.24) is 9.88 Å². The predicted octanol–water partition coefficient (Wildman–Crippen LogP) is 2.73. The van der Waals surface area contributed by atoms with Crippen LogP contribution in [0.15, 0.2) is 29.8 Å².